The Morgan fingerprint density at radius 2 is 1.63 bits per heavy atom. The van der Waals surface area contributed by atoms with Crippen molar-refractivity contribution in [2.75, 3.05) is 7.11 Å². The van der Waals surface area contributed by atoms with Gasteiger partial charge in [-0.2, -0.15) is 0 Å². The van der Waals surface area contributed by atoms with Gasteiger partial charge in [-0.1, -0.05) is 30.4 Å². The van der Waals surface area contributed by atoms with Crippen LogP contribution in [0.2, 0.25) is 0 Å². The summed E-state index contributed by atoms with van der Waals surface area (Å²) < 4.78 is 4.95. The van der Waals surface area contributed by atoms with E-state index in [2.05, 4.69) is 0 Å². The molecule has 2 aromatic carbocycles. The van der Waals surface area contributed by atoms with Crippen LogP contribution in [0.1, 0.15) is 16.7 Å². The Kier molecular flexibility index (Phi) is 6.79. The van der Waals surface area contributed by atoms with Gasteiger partial charge in [0.2, 0.25) is 0 Å². The summed E-state index contributed by atoms with van der Waals surface area (Å²) in [6.07, 6.45) is 6.63. The Bertz CT molecular complexity index is 909. The number of phenols is 2. The molecule has 27 heavy (non-hydrogen) atoms. The first-order chi connectivity index (χ1) is 12.9. The zero-order valence-corrected chi connectivity index (χ0v) is 14.7. The molecule has 0 amide bonds. The standard InChI is InChI=1S/C21H20O6/c1-27-21-9-5-15(11-20(21)26)4-8-18(24)12-17(23)7-3-14-2-6-16(13-22)19(25)10-14/h2-12,22,24-26H,13H2,1H3/b7-3+,8-4+,18-12-. The van der Waals surface area contributed by atoms with Gasteiger partial charge in [-0.15, -0.1) is 0 Å². The summed E-state index contributed by atoms with van der Waals surface area (Å²) in [5.74, 6) is -0.446. The van der Waals surface area contributed by atoms with Crippen molar-refractivity contribution in [2.45, 2.75) is 6.61 Å². The lowest BCUT2D eigenvalue weighted by atomic mass is 10.1. The van der Waals surface area contributed by atoms with Crippen molar-refractivity contribution in [2.24, 2.45) is 0 Å². The molecular weight excluding hydrogens is 348 g/mol. The summed E-state index contributed by atoms with van der Waals surface area (Å²) in [5, 5.41) is 38.2. The lowest BCUT2D eigenvalue weighted by Gasteiger charge is -2.03. The molecule has 0 saturated carbocycles. The molecule has 0 aliphatic heterocycles. The van der Waals surface area contributed by atoms with Crippen LogP contribution in [0.4, 0.5) is 0 Å². The third-order valence-corrected chi connectivity index (χ3v) is 3.66. The number of aliphatic hydroxyl groups excluding tert-OH is 2. The highest BCUT2D eigenvalue weighted by Gasteiger charge is 2.02. The van der Waals surface area contributed by atoms with E-state index in [1.54, 1.807) is 24.3 Å². The van der Waals surface area contributed by atoms with E-state index in [1.165, 1.54) is 43.5 Å². The first-order valence-corrected chi connectivity index (χ1v) is 8.03. The number of ketones is 1. The lowest BCUT2D eigenvalue weighted by molar-refractivity contribution is -0.110. The maximum absolute atomic E-state index is 11.9. The molecule has 2 rings (SSSR count). The highest BCUT2D eigenvalue weighted by atomic mass is 16.5. The van der Waals surface area contributed by atoms with Gasteiger partial charge in [-0.3, -0.25) is 4.79 Å². The third-order valence-electron chi connectivity index (χ3n) is 3.66. The van der Waals surface area contributed by atoms with Crippen molar-refractivity contribution in [1.29, 1.82) is 0 Å². The molecule has 0 unspecified atom stereocenters. The number of aliphatic hydroxyl groups is 2. The zero-order chi connectivity index (χ0) is 19.8. The minimum atomic E-state index is -0.444. The number of carbonyl (C=O) groups excluding carboxylic acids is 1. The molecule has 0 heterocycles. The number of phenolic OH excluding ortho intramolecular Hbond substituents is 1. The van der Waals surface area contributed by atoms with Crippen molar-refractivity contribution < 1.29 is 30.0 Å². The van der Waals surface area contributed by atoms with E-state index in [1.807, 2.05) is 0 Å². The molecule has 0 spiro atoms. The molecule has 0 aliphatic carbocycles. The molecule has 0 fully saturated rings. The van der Waals surface area contributed by atoms with E-state index in [-0.39, 0.29) is 23.9 Å². The summed E-state index contributed by atoms with van der Waals surface area (Å²) in [4.78, 5) is 11.9. The van der Waals surface area contributed by atoms with Gasteiger partial charge in [0.1, 0.15) is 11.5 Å². The smallest absolute Gasteiger partial charge is 0.182 e. The first kappa shape index (κ1) is 19.8. The van der Waals surface area contributed by atoms with Crippen molar-refractivity contribution in [3.05, 3.63) is 77.1 Å². The number of methoxy groups -OCH3 is 1. The van der Waals surface area contributed by atoms with Crippen LogP contribution in [0.3, 0.4) is 0 Å². The number of aromatic hydroxyl groups is 2. The molecule has 0 aliphatic rings. The van der Waals surface area contributed by atoms with Gasteiger partial charge in [0, 0.05) is 11.6 Å². The van der Waals surface area contributed by atoms with E-state index >= 15 is 0 Å². The third kappa shape index (κ3) is 5.76. The average Bonchev–Trinajstić information content (AvgIpc) is 2.65. The Morgan fingerprint density at radius 1 is 1.00 bits per heavy atom. The zero-order valence-electron chi connectivity index (χ0n) is 14.7. The van der Waals surface area contributed by atoms with Crippen LogP contribution in [0.25, 0.3) is 12.2 Å². The molecule has 4 N–H and O–H groups in total. The number of allylic oxidation sites excluding steroid dienone is 3. The number of carbonyl (C=O) groups is 1. The maximum Gasteiger partial charge on any atom is 0.182 e. The fraction of sp³-hybridized carbons (Fsp3) is 0.0952. The van der Waals surface area contributed by atoms with Gasteiger partial charge in [0.15, 0.2) is 17.3 Å². The van der Waals surface area contributed by atoms with Gasteiger partial charge >= 0.3 is 0 Å². The minimum absolute atomic E-state index is 0.0300. The minimum Gasteiger partial charge on any atom is -0.508 e. The summed E-state index contributed by atoms with van der Waals surface area (Å²) in [6.45, 7) is -0.274. The lowest BCUT2D eigenvalue weighted by Crippen LogP contribution is -1.89. The van der Waals surface area contributed by atoms with E-state index in [4.69, 9.17) is 9.84 Å². The van der Waals surface area contributed by atoms with Gasteiger partial charge in [0.25, 0.3) is 0 Å². The second kappa shape index (κ2) is 9.26. The molecular formula is C21H20O6. The molecule has 6 nitrogen and oxygen atoms in total. The molecule has 0 radical (unpaired) electrons. The summed E-state index contributed by atoms with van der Waals surface area (Å²) in [6, 6.07) is 9.37. The van der Waals surface area contributed by atoms with E-state index in [9.17, 15) is 20.1 Å². The predicted octanol–water partition coefficient (Wildman–Crippen LogP) is 3.34. The van der Waals surface area contributed by atoms with Crippen LogP contribution < -0.4 is 4.74 Å². The molecule has 140 valence electrons. The number of benzene rings is 2. The second-order valence-corrected chi connectivity index (χ2v) is 5.62. The molecule has 2 aromatic rings. The van der Waals surface area contributed by atoms with Crippen molar-refractivity contribution in [3.8, 4) is 17.2 Å². The van der Waals surface area contributed by atoms with Crippen molar-refractivity contribution in [3.63, 3.8) is 0 Å². The molecule has 0 saturated heterocycles. The Labute approximate surface area is 156 Å². The van der Waals surface area contributed by atoms with Crippen molar-refractivity contribution in [1.82, 2.24) is 0 Å². The maximum atomic E-state index is 11.9. The fourth-order valence-corrected chi connectivity index (χ4v) is 2.23. The van der Waals surface area contributed by atoms with Crippen LogP contribution in [-0.2, 0) is 11.4 Å². The van der Waals surface area contributed by atoms with Gasteiger partial charge in [-0.05, 0) is 41.5 Å². The molecule has 0 bridgehead atoms. The molecule has 0 aromatic heterocycles. The average molecular weight is 368 g/mol. The predicted molar refractivity (Wildman–Crippen MR) is 102 cm³/mol. The van der Waals surface area contributed by atoms with E-state index < -0.39 is 5.78 Å². The topological polar surface area (TPSA) is 107 Å². The van der Waals surface area contributed by atoms with E-state index in [0.717, 1.165) is 6.08 Å². The second-order valence-electron chi connectivity index (χ2n) is 5.62. The van der Waals surface area contributed by atoms with E-state index in [0.29, 0.717) is 22.4 Å². The monoisotopic (exact) mass is 368 g/mol. The Morgan fingerprint density at radius 3 is 2.22 bits per heavy atom. The van der Waals surface area contributed by atoms with Crippen LogP contribution in [0.15, 0.2) is 60.4 Å². The SMILES string of the molecule is COc1ccc(/C=C/C(O)=C/C(=O)/C=C/c2ccc(CO)c(O)c2)cc1O. The fourth-order valence-electron chi connectivity index (χ4n) is 2.23. The van der Waals surface area contributed by atoms with Gasteiger partial charge in [-0.25, -0.2) is 0 Å². The van der Waals surface area contributed by atoms with Crippen LogP contribution in [0, 0.1) is 0 Å². The summed E-state index contributed by atoms with van der Waals surface area (Å²) >= 11 is 0. The normalized spacial score (nSPS) is 12.0. The Hall–Kier alpha value is -3.51. The van der Waals surface area contributed by atoms with Crippen LogP contribution in [-0.4, -0.2) is 33.3 Å². The highest BCUT2D eigenvalue weighted by molar-refractivity contribution is 6.02. The number of hydrogen-bond acceptors (Lipinski definition) is 6. The first-order valence-electron chi connectivity index (χ1n) is 8.03. The Balaban J connectivity index is 2.03. The quantitative estimate of drug-likeness (QED) is 0.339. The van der Waals surface area contributed by atoms with Crippen LogP contribution >= 0.6 is 0 Å². The number of rotatable bonds is 7. The number of hydrogen-bond donors (Lipinski definition) is 4. The number of ether oxygens (including phenoxy) is 1. The summed E-state index contributed by atoms with van der Waals surface area (Å²) in [5.41, 5.74) is 1.59. The van der Waals surface area contributed by atoms with Gasteiger partial charge < -0.3 is 25.2 Å². The largest absolute Gasteiger partial charge is 0.508 e. The highest BCUT2D eigenvalue weighted by Crippen LogP contribution is 2.26. The van der Waals surface area contributed by atoms with Crippen LogP contribution in [0.5, 0.6) is 17.2 Å². The van der Waals surface area contributed by atoms with Crippen molar-refractivity contribution >= 4 is 17.9 Å². The molecule has 6 heteroatoms. The molecule has 0 atom stereocenters. The van der Waals surface area contributed by atoms with Gasteiger partial charge in [0.05, 0.1) is 13.7 Å². The summed E-state index contributed by atoms with van der Waals surface area (Å²) in [7, 11) is 1.45.